The minimum atomic E-state index is -0.183. The van der Waals surface area contributed by atoms with Crippen molar-refractivity contribution in [1.29, 1.82) is 0 Å². The van der Waals surface area contributed by atoms with Crippen molar-refractivity contribution in [3.05, 3.63) is 66.4 Å². The third-order valence-electron chi connectivity index (χ3n) is 3.27. The number of nitrogens with zero attached hydrogens (tertiary/aromatic N) is 4. The van der Waals surface area contributed by atoms with Gasteiger partial charge < -0.3 is 9.32 Å². The summed E-state index contributed by atoms with van der Waals surface area (Å²) >= 11 is 5.69. The molecule has 118 valence electrons. The van der Waals surface area contributed by atoms with Crippen LogP contribution in [0.15, 0.2) is 59.3 Å². The maximum atomic E-state index is 12.0. The number of carbonyl (C=O) groups excluding carboxylic acids is 1. The van der Waals surface area contributed by atoms with Crippen LogP contribution >= 0.6 is 11.6 Å². The summed E-state index contributed by atoms with van der Waals surface area (Å²) in [5.41, 5.74) is 1.54. The fraction of sp³-hybridized carbons (Fsp3) is 0.188. The highest BCUT2D eigenvalue weighted by Crippen LogP contribution is 2.11. The Bertz CT molecular complexity index is 756. The molecule has 0 unspecified atom stereocenters. The molecule has 0 bridgehead atoms. The van der Waals surface area contributed by atoms with Crippen molar-refractivity contribution in [2.75, 3.05) is 5.88 Å². The van der Waals surface area contributed by atoms with Gasteiger partial charge in [-0.15, -0.1) is 11.6 Å². The average Bonchev–Trinajstić information content (AvgIpc) is 3.26. The molecule has 3 rings (SSSR count). The van der Waals surface area contributed by atoms with Crippen LogP contribution in [0.3, 0.4) is 0 Å². The number of benzene rings is 1. The largest absolute Gasteiger partial charge is 0.467 e. The van der Waals surface area contributed by atoms with Gasteiger partial charge in [0, 0.05) is 0 Å². The molecule has 0 aliphatic heterocycles. The van der Waals surface area contributed by atoms with Crippen LogP contribution in [-0.4, -0.2) is 31.7 Å². The number of para-hydroxylation sites is 1. The second-order valence-electron chi connectivity index (χ2n) is 4.92. The van der Waals surface area contributed by atoms with Crippen molar-refractivity contribution in [3.8, 4) is 5.69 Å². The SMILES string of the molecule is O=C(CCl)N(Cc1cnn(-c2ccccc2)n1)Cc1ccco1. The number of furan rings is 1. The molecule has 2 heterocycles. The molecule has 23 heavy (non-hydrogen) atoms. The van der Waals surface area contributed by atoms with E-state index >= 15 is 0 Å². The summed E-state index contributed by atoms with van der Waals surface area (Å²) in [5, 5.41) is 8.64. The first kappa shape index (κ1) is 15.3. The van der Waals surface area contributed by atoms with Gasteiger partial charge in [0.05, 0.1) is 31.2 Å². The molecule has 0 N–H and O–H groups in total. The minimum absolute atomic E-state index is 0.0898. The Morgan fingerprint density at radius 3 is 2.70 bits per heavy atom. The van der Waals surface area contributed by atoms with E-state index in [2.05, 4.69) is 10.2 Å². The fourth-order valence-electron chi connectivity index (χ4n) is 2.16. The standard InChI is InChI=1S/C16H15ClN4O2/c17-9-16(22)20(12-15-7-4-8-23-15)11-13-10-18-21(19-13)14-5-2-1-3-6-14/h1-8,10H,9,11-12H2. The van der Waals surface area contributed by atoms with Crippen LogP contribution in [0, 0.1) is 0 Å². The number of alkyl halides is 1. The topological polar surface area (TPSA) is 64.2 Å². The lowest BCUT2D eigenvalue weighted by Crippen LogP contribution is -2.31. The van der Waals surface area contributed by atoms with Crippen molar-refractivity contribution in [1.82, 2.24) is 19.9 Å². The van der Waals surface area contributed by atoms with E-state index in [9.17, 15) is 4.79 Å². The van der Waals surface area contributed by atoms with Crippen molar-refractivity contribution in [3.63, 3.8) is 0 Å². The molecule has 0 spiro atoms. The molecule has 0 atom stereocenters. The van der Waals surface area contributed by atoms with Crippen molar-refractivity contribution < 1.29 is 9.21 Å². The van der Waals surface area contributed by atoms with Gasteiger partial charge in [-0.05, 0) is 24.3 Å². The summed E-state index contributed by atoms with van der Waals surface area (Å²) in [5.74, 6) is 0.421. The minimum Gasteiger partial charge on any atom is -0.467 e. The second-order valence-corrected chi connectivity index (χ2v) is 5.19. The number of hydrogen-bond acceptors (Lipinski definition) is 4. The van der Waals surface area contributed by atoms with Crippen LogP contribution in [0.2, 0.25) is 0 Å². The molecule has 0 aliphatic carbocycles. The second kappa shape index (κ2) is 7.11. The Hall–Kier alpha value is -2.60. The summed E-state index contributed by atoms with van der Waals surface area (Å²) in [6.45, 7) is 0.663. The zero-order chi connectivity index (χ0) is 16.1. The fourth-order valence-corrected chi connectivity index (χ4v) is 2.32. The van der Waals surface area contributed by atoms with E-state index in [4.69, 9.17) is 16.0 Å². The maximum Gasteiger partial charge on any atom is 0.238 e. The first-order valence-electron chi connectivity index (χ1n) is 7.09. The van der Waals surface area contributed by atoms with E-state index in [1.807, 2.05) is 36.4 Å². The predicted octanol–water partition coefficient (Wildman–Crippen LogP) is 2.63. The number of amides is 1. The predicted molar refractivity (Wildman–Crippen MR) is 85.0 cm³/mol. The normalized spacial score (nSPS) is 10.7. The number of aromatic nitrogens is 3. The van der Waals surface area contributed by atoms with Crippen molar-refractivity contribution >= 4 is 17.5 Å². The van der Waals surface area contributed by atoms with E-state index in [-0.39, 0.29) is 11.8 Å². The number of rotatable bonds is 6. The van der Waals surface area contributed by atoms with Gasteiger partial charge in [-0.25, -0.2) is 0 Å². The quantitative estimate of drug-likeness (QED) is 0.652. The molecule has 6 nitrogen and oxygen atoms in total. The molecular weight excluding hydrogens is 316 g/mol. The Morgan fingerprint density at radius 2 is 2.00 bits per heavy atom. The summed E-state index contributed by atoms with van der Waals surface area (Å²) in [7, 11) is 0. The zero-order valence-corrected chi connectivity index (χ0v) is 13.1. The lowest BCUT2D eigenvalue weighted by molar-refractivity contribution is -0.130. The van der Waals surface area contributed by atoms with Gasteiger partial charge in [-0.3, -0.25) is 4.79 Å². The van der Waals surface area contributed by atoms with E-state index in [0.717, 1.165) is 5.69 Å². The number of halogens is 1. The Labute approximate surface area is 138 Å². The lowest BCUT2D eigenvalue weighted by atomic mass is 10.3. The molecular formula is C16H15ClN4O2. The lowest BCUT2D eigenvalue weighted by Gasteiger charge is -2.19. The molecule has 0 aliphatic rings. The van der Waals surface area contributed by atoms with Gasteiger partial charge in [-0.1, -0.05) is 18.2 Å². The molecule has 3 aromatic rings. The smallest absolute Gasteiger partial charge is 0.238 e. The van der Waals surface area contributed by atoms with Gasteiger partial charge in [0.1, 0.15) is 17.3 Å². The third-order valence-corrected chi connectivity index (χ3v) is 3.50. The van der Waals surface area contributed by atoms with E-state index in [1.54, 1.807) is 23.4 Å². The Morgan fingerprint density at radius 1 is 1.17 bits per heavy atom. The zero-order valence-electron chi connectivity index (χ0n) is 12.3. The summed E-state index contributed by atoms with van der Waals surface area (Å²) in [6.07, 6.45) is 3.22. The van der Waals surface area contributed by atoms with Gasteiger partial charge in [0.15, 0.2) is 0 Å². The van der Waals surface area contributed by atoms with Crippen LogP contribution in [0.1, 0.15) is 11.5 Å². The number of carbonyl (C=O) groups is 1. The van der Waals surface area contributed by atoms with Crippen LogP contribution < -0.4 is 0 Å². The Balaban J connectivity index is 1.75. The van der Waals surface area contributed by atoms with Gasteiger partial charge in [0.2, 0.25) is 5.91 Å². The molecule has 2 aromatic heterocycles. The third kappa shape index (κ3) is 3.78. The van der Waals surface area contributed by atoms with Crippen LogP contribution in [0.5, 0.6) is 0 Å². The number of hydrogen-bond donors (Lipinski definition) is 0. The monoisotopic (exact) mass is 330 g/mol. The molecule has 0 saturated heterocycles. The molecule has 0 radical (unpaired) electrons. The summed E-state index contributed by atoms with van der Waals surface area (Å²) in [4.78, 5) is 15.1. The van der Waals surface area contributed by atoms with Crippen molar-refractivity contribution in [2.45, 2.75) is 13.1 Å². The summed E-state index contributed by atoms with van der Waals surface area (Å²) in [6, 6.07) is 13.2. The van der Waals surface area contributed by atoms with Crippen molar-refractivity contribution in [2.24, 2.45) is 0 Å². The highest BCUT2D eigenvalue weighted by atomic mass is 35.5. The molecule has 0 fully saturated rings. The van der Waals surface area contributed by atoms with Crippen LogP contribution in [0.4, 0.5) is 0 Å². The molecule has 1 amide bonds. The van der Waals surface area contributed by atoms with Gasteiger partial charge in [-0.2, -0.15) is 15.0 Å². The molecule has 0 saturated carbocycles. The van der Waals surface area contributed by atoms with E-state index in [0.29, 0.717) is 24.5 Å². The highest BCUT2D eigenvalue weighted by molar-refractivity contribution is 6.27. The van der Waals surface area contributed by atoms with Crippen LogP contribution in [0.25, 0.3) is 5.69 Å². The summed E-state index contributed by atoms with van der Waals surface area (Å²) < 4.78 is 5.29. The van der Waals surface area contributed by atoms with Gasteiger partial charge >= 0.3 is 0 Å². The Kier molecular flexibility index (Phi) is 4.73. The first-order valence-corrected chi connectivity index (χ1v) is 7.62. The highest BCUT2D eigenvalue weighted by Gasteiger charge is 2.16. The molecule has 7 heteroatoms. The maximum absolute atomic E-state index is 12.0. The van der Waals surface area contributed by atoms with Crippen LogP contribution in [-0.2, 0) is 17.9 Å². The van der Waals surface area contributed by atoms with E-state index < -0.39 is 0 Å². The first-order chi connectivity index (χ1) is 11.3. The molecule has 1 aromatic carbocycles. The van der Waals surface area contributed by atoms with Gasteiger partial charge in [0.25, 0.3) is 0 Å². The average molecular weight is 331 g/mol. The van der Waals surface area contributed by atoms with E-state index in [1.165, 1.54) is 4.80 Å².